The van der Waals surface area contributed by atoms with Crippen molar-refractivity contribution < 1.29 is 51.0 Å². The Kier molecular flexibility index (Phi) is 10.2. The van der Waals surface area contributed by atoms with Crippen LogP contribution < -0.4 is 24.8 Å². The van der Waals surface area contributed by atoms with Gasteiger partial charge in [0.25, 0.3) is 0 Å². The summed E-state index contributed by atoms with van der Waals surface area (Å²) in [6.07, 6.45) is 5.06. The predicted molar refractivity (Wildman–Crippen MR) is 166 cm³/mol. The largest absolute Gasteiger partial charge is 2.00 e. The minimum atomic E-state index is 0. The Labute approximate surface area is 283 Å². The second kappa shape index (κ2) is 11.4. The van der Waals surface area contributed by atoms with Crippen LogP contribution in [-0.4, -0.2) is 0 Å². The Morgan fingerprint density at radius 1 is 0.659 bits per heavy atom. The normalized spacial score (nSPS) is 22.3. The average Bonchev–Trinajstić information content (AvgIpc) is 3.42. The number of benzene rings is 2. The summed E-state index contributed by atoms with van der Waals surface area (Å²) in [6, 6.07) is 15.0. The molecule has 0 bridgehead atoms. The zero-order valence-corrected chi connectivity index (χ0v) is 31.8. The van der Waals surface area contributed by atoms with Gasteiger partial charge in [-0.15, -0.1) is 0 Å². The summed E-state index contributed by atoms with van der Waals surface area (Å²) in [5, 5.41) is 0. The Bertz CT molecular complexity index is 1300. The fraction of sp³-hybridized carbons (Fsp3) is 0.579. The first kappa shape index (κ1) is 36.6. The zero-order chi connectivity index (χ0) is 28.2. The van der Waals surface area contributed by atoms with Gasteiger partial charge in [0.05, 0.1) is 0 Å². The quantitative estimate of drug-likeness (QED) is 0.394. The van der Waals surface area contributed by atoms with Crippen molar-refractivity contribution in [3.8, 4) is 11.1 Å². The Morgan fingerprint density at radius 3 is 1.46 bits per heavy atom. The molecule has 0 amide bonds. The molecule has 0 N–H and O–H groups in total. The van der Waals surface area contributed by atoms with Gasteiger partial charge in [-0.3, -0.25) is 0 Å². The third-order valence-electron chi connectivity index (χ3n) is 10.3. The minimum Gasteiger partial charge on any atom is -1.00 e. The van der Waals surface area contributed by atoms with Gasteiger partial charge in [-0.25, -0.2) is 0 Å². The van der Waals surface area contributed by atoms with Gasteiger partial charge in [0.15, 0.2) is 0 Å². The van der Waals surface area contributed by atoms with Crippen molar-refractivity contribution in [2.45, 2.75) is 120 Å². The van der Waals surface area contributed by atoms with E-state index in [1.165, 1.54) is 28.7 Å². The summed E-state index contributed by atoms with van der Waals surface area (Å²) in [5.41, 5.74) is 14.6. The van der Waals surface area contributed by atoms with E-state index in [1.54, 1.807) is 27.8 Å². The SMILES string of the molecule is CC1CC(C2c3ccc(C(C)(C)C)cc3-c3cc(C(C)(C)C)ccc32)(C(C)(C)C)C2=C1CC(C(C)(C)C)=C2.[Cl-].[Cl-].[Zr+2]. The zero-order valence-electron chi connectivity index (χ0n) is 27.9. The monoisotopic (exact) mass is 668 g/mol. The molecule has 3 heteroatoms. The molecule has 222 valence electrons. The molecule has 0 aliphatic heterocycles. The third kappa shape index (κ3) is 5.80. The molecule has 0 nitrogen and oxygen atoms in total. The second-order valence-corrected chi connectivity index (χ2v) is 16.9. The van der Waals surface area contributed by atoms with Gasteiger partial charge in [0.1, 0.15) is 0 Å². The van der Waals surface area contributed by atoms with Crippen molar-refractivity contribution in [2.75, 3.05) is 0 Å². The van der Waals surface area contributed by atoms with Crippen LogP contribution in [0.1, 0.15) is 131 Å². The van der Waals surface area contributed by atoms with Gasteiger partial charge >= 0.3 is 26.2 Å². The summed E-state index contributed by atoms with van der Waals surface area (Å²) in [7, 11) is 0. The molecule has 5 rings (SSSR count). The van der Waals surface area contributed by atoms with Gasteiger partial charge in [-0.05, 0) is 79.4 Å². The first-order valence-corrected chi connectivity index (χ1v) is 15.0. The Balaban J connectivity index is 0.00000196. The topological polar surface area (TPSA) is 0 Å². The molecule has 0 radical (unpaired) electrons. The summed E-state index contributed by atoms with van der Waals surface area (Å²) < 4.78 is 0. The number of halogens is 2. The van der Waals surface area contributed by atoms with E-state index in [0.29, 0.717) is 11.8 Å². The van der Waals surface area contributed by atoms with E-state index in [0.717, 1.165) is 6.42 Å². The van der Waals surface area contributed by atoms with Crippen molar-refractivity contribution in [3.63, 3.8) is 0 Å². The number of hydrogen-bond donors (Lipinski definition) is 0. The maximum atomic E-state index is 2.66. The summed E-state index contributed by atoms with van der Waals surface area (Å²) in [4.78, 5) is 0. The van der Waals surface area contributed by atoms with Crippen LogP contribution in [-0.2, 0) is 37.0 Å². The smallest absolute Gasteiger partial charge is 1.00 e. The van der Waals surface area contributed by atoms with Crippen molar-refractivity contribution >= 4 is 0 Å². The molecule has 3 aliphatic carbocycles. The van der Waals surface area contributed by atoms with Crippen molar-refractivity contribution in [1.82, 2.24) is 0 Å². The van der Waals surface area contributed by atoms with Crippen LogP contribution in [0.2, 0.25) is 0 Å². The maximum Gasteiger partial charge on any atom is 2.00 e. The molecular formula is C38H52Cl2Zr. The summed E-state index contributed by atoms with van der Waals surface area (Å²) >= 11 is 0. The average molecular weight is 671 g/mol. The van der Waals surface area contributed by atoms with E-state index in [2.05, 4.69) is 132 Å². The molecule has 2 atom stereocenters. The van der Waals surface area contributed by atoms with Crippen LogP contribution in [0.25, 0.3) is 11.1 Å². The molecular weight excluding hydrogens is 619 g/mol. The van der Waals surface area contributed by atoms with Gasteiger partial charge in [-0.1, -0.05) is 144 Å². The van der Waals surface area contributed by atoms with Gasteiger partial charge in [-0.2, -0.15) is 0 Å². The van der Waals surface area contributed by atoms with Crippen LogP contribution in [0.3, 0.4) is 0 Å². The van der Waals surface area contributed by atoms with E-state index in [9.17, 15) is 0 Å². The maximum absolute atomic E-state index is 2.66. The molecule has 0 saturated heterocycles. The number of hydrogen-bond acceptors (Lipinski definition) is 0. The van der Waals surface area contributed by atoms with Crippen molar-refractivity contribution in [1.29, 1.82) is 0 Å². The molecule has 0 heterocycles. The van der Waals surface area contributed by atoms with E-state index in [-0.39, 0.29) is 78.1 Å². The van der Waals surface area contributed by atoms with E-state index >= 15 is 0 Å². The van der Waals surface area contributed by atoms with E-state index in [1.807, 2.05) is 0 Å². The van der Waals surface area contributed by atoms with Crippen LogP contribution in [0, 0.1) is 22.2 Å². The van der Waals surface area contributed by atoms with Crippen LogP contribution >= 0.6 is 0 Å². The number of allylic oxidation sites excluding steroid dienone is 4. The van der Waals surface area contributed by atoms with Crippen LogP contribution in [0.15, 0.2) is 59.2 Å². The molecule has 0 fully saturated rings. The predicted octanol–water partition coefficient (Wildman–Crippen LogP) is 5.14. The van der Waals surface area contributed by atoms with Gasteiger partial charge < -0.3 is 24.8 Å². The second-order valence-electron chi connectivity index (χ2n) is 16.9. The van der Waals surface area contributed by atoms with Gasteiger partial charge in [0, 0.05) is 11.3 Å². The fourth-order valence-corrected chi connectivity index (χ4v) is 7.80. The molecule has 0 aromatic heterocycles. The molecule has 0 spiro atoms. The summed E-state index contributed by atoms with van der Waals surface area (Å²) in [5.74, 6) is 0.997. The van der Waals surface area contributed by atoms with Crippen LogP contribution in [0.5, 0.6) is 0 Å². The first-order valence-electron chi connectivity index (χ1n) is 15.0. The third-order valence-corrected chi connectivity index (χ3v) is 10.3. The van der Waals surface area contributed by atoms with E-state index in [4.69, 9.17) is 0 Å². The number of rotatable bonds is 1. The van der Waals surface area contributed by atoms with Crippen molar-refractivity contribution in [3.05, 3.63) is 81.4 Å². The molecule has 2 aromatic carbocycles. The minimum absolute atomic E-state index is 0. The Morgan fingerprint density at radius 2 is 1.10 bits per heavy atom. The van der Waals surface area contributed by atoms with Gasteiger partial charge in [0.2, 0.25) is 0 Å². The fourth-order valence-electron chi connectivity index (χ4n) is 7.80. The van der Waals surface area contributed by atoms with Crippen molar-refractivity contribution in [2.24, 2.45) is 22.2 Å². The standard InChI is InChI=1S/C38H52.2ClH.Zr/c1-23-22-38(37(11,12)13,32-21-26(20-29(23)32)36(8,9)10)33-27-16-14-24(34(2,3)4)18-30(27)31-19-25(35(5,6)7)15-17-28(31)33;;;/h14-19,21,23,33H,20,22H2,1-13H3;2*1H;/q;;;+2/p-2. The molecule has 2 aromatic rings. The molecule has 2 unspecified atom stereocenters. The van der Waals surface area contributed by atoms with Crippen LogP contribution in [0.4, 0.5) is 0 Å². The Hall–Kier alpha value is -0.617. The molecule has 3 aliphatic rings. The molecule has 41 heavy (non-hydrogen) atoms. The number of fused-ring (bicyclic) bond motifs is 3. The molecule has 0 saturated carbocycles. The summed E-state index contributed by atoms with van der Waals surface area (Å²) in [6.45, 7) is 31.3. The first-order chi connectivity index (χ1) is 17.3. The van der Waals surface area contributed by atoms with E-state index < -0.39 is 0 Å².